The Hall–Kier alpha value is -1.82. The smallest absolute Gasteiger partial charge is 0.322 e. The van der Waals surface area contributed by atoms with Crippen molar-refractivity contribution >= 4 is 21.7 Å². The highest BCUT2D eigenvalue weighted by Crippen LogP contribution is 2.19. The molecule has 5 nitrogen and oxygen atoms in total. The third kappa shape index (κ3) is 4.10. The Bertz CT molecular complexity index is 549. The zero-order valence-electron chi connectivity index (χ0n) is 11.0. The molecule has 0 saturated heterocycles. The lowest BCUT2D eigenvalue weighted by Gasteiger charge is -2.22. The summed E-state index contributed by atoms with van der Waals surface area (Å²) >= 11 is 0. The average Bonchev–Trinajstić information content (AvgIpc) is 2.36. The summed E-state index contributed by atoms with van der Waals surface area (Å²) in [5, 5.41) is 0. The van der Waals surface area contributed by atoms with Gasteiger partial charge < -0.3 is 4.74 Å². The van der Waals surface area contributed by atoms with Crippen LogP contribution in [0.25, 0.3) is 0 Å². The van der Waals surface area contributed by atoms with Crippen molar-refractivity contribution in [2.24, 2.45) is 0 Å². The number of benzene rings is 1. The van der Waals surface area contributed by atoms with E-state index in [1.807, 2.05) is 6.92 Å². The highest BCUT2D eigenvalue weighted by atomic mass is 32.2. The van der Waals surface area contributed by atoms with Crippen LogP contribution in [0.4, 0.5) is 5.69 Å². The number of aryl methyl sites for hydroxylation is 1. The van der Waals surface area contributed by atoms with Crippen LogP contribution >= 0.6 is 0 Å². The lowest BCUT2D eigenvalue weighted by molar-refractivity contribution is -0.137. The fourth-order valence-corrected chi connectivity index (χ4v) is 2.84. The van der Waals surface area contributed by atoms with Crippen LogP contribution < -0.4 is 4.31 Å². The minimum absolute atomic E-state index is 0.0996. The first-order valence-electron chi connectivity index (χ1n) is 5.65. The highest BCUT2D eigenvalue weighted by Gasteiger charge is 2.25. The normalized spacial score (nSPS) is 10.8. The number of ether oxygens (including phenoxy) is 1. The van der Waals surface area contributed by atoms with Gasteiger partial charge in [0.1, 0.15) is 0 Å². The Balaban J connectivity index is 3.09. The van der Waals surface area contributed by atoms with Crippen molar-refractivity contribution in [1.82, 2.24) is 0 Å². The lowest BCUT2D eigenvalue weighted by atomic mass is 10.2. The van der Waals surface area contributed by atoms with Gasteiger partial charge in [-0.25, -0.2) is 8.42 Å². The third-order valence-corrected chi connectivity index (χ3v) is 4.11. The summed E-state index contributed by atoms with van der Waals surface area (Å²) in [5.74, 6) is -1.48. The Morgan fingerprint density at radius 3 is 2.42 bits per heavy atom. The summed E-state index contributed by atoms with van der Waals surface area (Å²) in [6, 6.07) is 6.99. The fourth-order valence-electron chi connectivity index (χ4n) is 1.49. The van der Waals surface area contributed by atoms with Crippen molar-refractivity contribution in [3.63, 3.8) is 0 Å². The van der Waals surface area contributed by atoms with E-state index >= 15 is 0 Å². The van der Waals surface area contributed by atoms with E-state index < -0.39 is 21.7 Å². The van der Waals surface area contributed by atoms with Crippen molar-refractivity contribution in [2.75, 3.05) is 23.7 Å². The van der Waals surface area contributed by atoms with Gasteiger partial charge >= 0.3 is 5.97 Å². The standard InChI is InChI=1S/C13H17NO4S/c1-4-9-14(12-7-5-11(2)6-8-12)19(16,17)10-13(15)18-3/h4-8H,1,9-10H2,2-3H3. The molecule has 0 unspecified atom stereocenters. The summed E-state index contributed by atoms with van der Waals surface area (Å²) in [4.78, 5) is 11.2. The second-order valence-electron chi connectivity index (χ2n) is 3.99. The molecule has 104 valence electrons. The molecule has 0 heterocycles. The zero-order chi connectivity index (χ0) is 14.5. The monoisotopic (exact) mass is 283 g/mol. The van der Waals surface area contributed by atoms with Crippen molar-refractivity contribution in [1.29, 1.82) is 0 Å². The minimum atomic E-state index is -3.77. The molecule has 0 atom stereocenters. The maximum absolute atomic E-state index is 12.2. The molecule has 0 aliphatic rings. The average molecular weight is 283 g/mol. The van der Waals surface area contributed by atoms with E-state index in [1.54, 1.807) is 24.3 Å². The van der Waals surface area contributed by atoms with Crippen LogP contribution in [-0.4, -0.2) is 33.8 Å². The molecule has 1 rings (SSSR count). The summed E-state index contributed by atoms with van der Waals surface area (Å²) in [6.07, 6.45) is 1.47. The number of hydrogen-bond acceptors (Lipinski definition) is 4. The number of rotatable bonds is 6. The zero-order valence-corrected chi connectivity index (χ0v) is 11.8. The van der Waals surface area contributed by atoms with E-state index in [0.717, 1.165) is 17.0 Å². The summed E-state index contributed by atoms with van der Waals surface area (Å²) in [7, 11) is -2.62. The maximum Gasteiger partial charge on any atom is 0.322 e. The van der Waals surface area contributed by atoms with Crippen LogP contribution in [0.5, 0.6) is 0 Å². The number of hydrogen-bond donors (Lipinski definition) is 0. The van der Waals surface area contributed by atoms with Gasteiger partial charge in [-0.15, -0.1) is 6.58 Å². The molecule has 0 spiro atoms. The van der Waals surface area contributed by atoms with E-state index in [0.29, 0.717) is 5.69 Å². The largest absolute Gasteiger partial charge is 0.468 e. The van der Waals surface area contributed by atoms with Gasteiger partial charge in [0.2, 0.25) is 10.0 Å². The molecule has 0 fully saturated rings. The van der Waals surface area contributed by atoms with Gasteiger partial charge in [0.25, 0.3) is 0 Å². The number of esters is 1. The van der Waals surface area contributed by atoms with Crippen LogP contribution in [-0.2, 0) is 19.6 Å². The van der Waals surface area contributed by atoms with Crippen LogP contribution in [0.2, 0.25) is 0 Å². The van der Waals surface area contributed by atoms with E-state index in [-0.39, 0.29) is 6.54 Å². The molecule has 19 heavy (non-hydrogen) atoms. The van der Waals surface area contributed by atoms with Gasteiger partial charge in [0, 0.05) is 0 Å². The molecule has 0 radical (unpaired) electrons. The third-order valence-electron chi connectivity index (χ3n) is 2.48. The number of anilines is 1. The molecule has 0 aromatic heterocycles. The van der Waals surface area contributed by atoms with Crippen molar-refractivity contribution in [3.8, 4) is 0 Å². The van der Waals surface area contributed by atoms with Crippen LogP contribution in [0, 0.1) is 6.92 Å². The van der Waals surface area contributed by atoms with E-state index in [4.69, 9.17) is 0 Å². The second kappa shape index (κ2) is 6.38. The Morgan fingerprint density at radius 2 is 1.95 bits per heavy atom. The van der Waals surface area contributed by atoms with Gasteiger partial charge in [-0.2, -0.15) is 0 Å². The molecule has 1 aromatic rings. The maximum atomic E-state index is 12.2. The summed E-state index contributed by atoms with van der Waals surface area (Å²) < 4.78 is 29.8. The van der Waals surface area contributed by atoms with Crippen molar-refractivity contribution < 1.29 is 17.9 Å². The summed E-state index contributed by atoms with van der Waals surface area (Å²) in [5.41, 5.74) is 1.52. The number of carbonyl (C=O) groups is 1. The number of methoxy groups -OCH3 is 1. The van der Waals surface area contributed by atoms with E-state index in [2.05, 4.69) is 11.3 Å². The van der Waals surface area contributed by atoms with E-state index in [9.17, 15) is 13.2 Å². The van der Waals surface area contributed by atoms with Crippen molar-refractivity contribution in [3.05, 3.63) is 42.5 Å². The first-order chi connectivity index (χ1) is 8.90. The molecule has 0 amide bonds. The number of nitrogens with zero attached hydrogens (tertiary/aromatic N) is 1. The van der Waals surface area contributed by atoms with Gasteiger partial charge in [0.05, 0.1) is 19.3 Å². The van der Waals surface area contributed by atoms with Crippen LogP contribution in [0.1, 0.15) is 5.56 Å². The number of sulfonamides is 1. The second-order valence-corrected chi connectivity index (χ2v) is 5.88. The van der Waals surface area contributed by atoms with Gasteiger partial charge in [0.15, 0.2) is 5.75 Å². The number of carbonyl (C=O) groups excluding carboxylic acids is 1. The fraction of sp³-hybridized carbons (Fsp3) is 0.308. The SMILES string of the molecule is C=CCN(c1ccc(C)cc1)S(=O)(=O)CC(=O)OC. The molecule has 0 saturated carbocycles. The molecule has 0 N–H and O–H groups in total. The summed E-state index contributed by atoms with van der Waals surface area (Å²) in [6.45, 7) is 5.54. The molecule has 0 aliphatic heterocycles. The van der Waals surface area contributed by atoms with Crippen molar-refractivity contribution in [2.45, 2.75) is 6.92 Å². The molecule has 0 aliphatic carbocycles. The van der Waals surface area contributed by atoms with Gasteiger partial charge in [-0.05, 0) is 19.1 Å². The van der Waals surface area contributed by atoms with E-state index in [1.165, 1.54) is 6.08 Å². The minimum Gasteiger partial charge on any atom is -0.468 e. The highest BCUT2D eigenvalue weighted by molar-refractivity contribution is 7.93. The van der Waals surface area contributed by atoms with Crippen LogP contribution in [0.15, 0.2) is 36.9 Å². The molecular weight excluding hydrogens is 266 g/mol. The molecule has 0 bridgehead atoms. The first-order valence-corrected chi connectivity index (χ1v) is 7.26. The Morgan fingerprint density at radius 1 is 1.37 bits per heavy atom. The molecule has 6 heteroatoms. The Kier molecular flexibility index (Phi) is 5.11. The van der Waals surface area contributed by atoms with Crippen LogP contribution in [0.3, 0.4) is 0 Å². The molecule has 1 aromatic carbocycles. The quantitative estimate of drug-likeness (QED) is 0.586. The predicted octanol–water partition coefficient (Wildman–Crippen LogP) is 1.49. The van der Waals surface area contributed by atoms with Gasteiger partial charge in [-0.3, -0.25) is 9.10 Å². The predicted molar refractivity (Wildman–Crippen MR) is 74.5 cm³/mol. The first kappa shape index (κ1) is 15.2. The van der Waals surface area contributed by atoms with Gasteiger partial charge in [-0.1, -0.05) is 23.8 Å². The molecular formula is C13H17NO4S. The Labute approximate surface area is 113 Å². The lowest BCUT2D eigenvalue weighted by Crippen LogP contribution is -2.36. The topological polar surface area (TPSA) is 63.7 Å².